The van der Waals surface area contributed by atoms with Crippen LogP contribution in [0.25, 0.3) is 0 Å². The van der Waals surface area contributed by atoms with Crippen molar-refractivity contribution < 1.29 is 0 Å². The van der Waals surface area contributed by atoms with E-state index in [1.807, 2.05) is 11.3 Å². The van der Waals surface area contributed by atoms with Gasteiger partial charge in [-0.3, -0.25) is 0 Å². The van der Waals surface area contributed by atoms with Crippen LogP contribution in [0.1, 0.15) is 49.5 Å². The van der Waals surface area contributed by atoms with Gasteiger partial charge < -0.3 is 10.2 Å². The molecule has 1 saturated carbocycles. The number of thiophene rings is 1. The van der Waals surface area contributed by atoms with Gasteiger partial charge in [0.15, 0.2) is 0 Å². The van der Waals surface area contributed by atoms with Crippen molar-refractivity contribution in [2.45, 2.75) is 58.5 Å². The fourth-order valence-corrected chi connectivity index (χ4v) is 4.09. The van der Waals surface area contributed by atoms with Crippen molar-refractivity contribution in [3.63, 3.8) is 0 Å². The summed E-state index contributed by atoms with van der Waals surface area (Å²) in [6, 6.07) is 3.03. The Balaban J connectivity index is 1.61. The molecule has 20 heavy (non-hydrogen) atoms. The van der Waals surface area contributed by atoms with Crippen LogP contribution in [0.3, 0.4) is 0 Å². The van der Waals surface area contributed by atoms with Crippen LogP contribution in [0.5, 0.6) is 0 Å². The Morgan fingerprint density at radius 2 is 2.05 bits per heavy atom. The summed E-state index contributed by atoms with van der Waals surface area (Å²) in [7, 11) is 2.30. The van der Waals surface area contributed by atoms with Gasteiger partial charge in [0.25, 0.3) is 0 Å². The van der Waals surface area contributed by atoms with Crippen LogP contribution < -0.4 is 5.32 Å². The second kappa shape index (κ2) is 8.16. The van der Waals surface area contributed by atoms with Crippen LogP contribution in [0.2, 0.25) is 0 Å². The quantitative estimate of drug-likeness (QED) is 0.763. The highest BCUT2D eigenvalue weighted by Crippen LogP contribution is 2.28. The largest absolute Gasteiger partial charge is 0.311 e. The molecule has 0 aliphatic heterocycles. The van der Waals surface area contributed by atoms with E-state index in [1.54, 1.807) is 0 Å². The summed E-state index contributed by atoms with van der Waals surface area (Å²) in [5.74, 6) is 1.000. The van der Waals surface area contributed by atoms with E-state index in [0.29, 0.717) is 0 Å². The third-order valence-electron chi connectivity index (χ3n) is 4.91. The zero-order valence-electron chi connectivity index (χ0n) is 13.3. The average Bonchev–Trinajstić information content (AvgIpc) is 2.89. The third kappa shape index (κ3) is 4.57. The minimum atomic E-state index is 0.822. The van der Waals surface area contributed by atoms with Gasteiger partial charge >= 0.3 is 0 Å². The Labute approximate surface area is 128 Å². The first-order valence-electron chi connectivity index (χ1n) is 8.14. The second-order valence-electron chi connectivity index (χ2n) is 6.27. The number of aryl methyl sites for hydroxylation is 1. The smallest absolute Gasteiger partial charge is 0.0302 e. The molecular weight excluding hydrogens is 264 g/mol. The van der Waals surface area contributed by atoms with Gasteiger partial charge in [-0.2, -0.15) is 0 Å². The van der Waals surface area contributed by atoms with E-state index in [9.17, 15) is 0 Å². The molecule has 0 atom stereocenters. The molecule has 2 rings (SSSR count). The number of likely N-dealkylation sites (N-methyl/N-ethyl adjacent to an activating group) is 1. The van der Waals surface area contributed by atoms with Crippen molar-refractivity contribution in [1.82, 2.24) is 10.2 Å². The summed E-state index contributed by atoms with van der Waals surface area (Å²) in [5.41, 5.74) is 1.42. The molecule has 0 spiro atoms. The Bertz CT molecular complexity index is 380. The topological polar surface area (TPSA) is 15.3 Å². The predicted molar refractivity (Wildman–Crippen MR) is 89.4 cm³/mol. The lowest BCUT2D eigenvalue weighted by atomic mass is 9.84. The molecule has 1 heterocycles. The Kier molecular flexibility index (Phi) is 6.53. The van der Waals surface area contributed by atoms with E-state index in [0.717, 1.165) is 25.0 Å². The van der Waals surface area contributed by atoms with Crippen molar-refractivity contribution >= 4 is 11.3 Å². The maximum absolute atomic E-state index is 3.59. The first-order valence-corrected chi connectivity index (χ1v) is 9.02. The number of nitrogens with zero attached hydrogens (tertiary/aromatic N) is 1. The Morgan fingerprint density at radius 1 is 1.30 bits per heavy atom. The van der Waals surface area contributed by atoms with Crippen molar-refractivity contribution in [3.05, 3.63) is 21.9 Å². The molecule has 1 aromatic heterocycles. The number of hydrogen-bond donors (Lipinski definition) is 1. The predicted octanol–water partition coefficient (Wildman–Crippen LogP) is 4.05. The van der Waals surface area contributed by atoms with Crippen LogP contribution in [0.15, 0.2) is 11.4 Å². The van der Waals surface area contributed by atoms with Gasteiger partial charge in [0.1, 0.15) is 0 Å². The van der Waals surface area contributed by atoms with Gasteiger partial charge in [-0.15, -0.1) is 11.3 Å². The minimum absolute atomic E-state index is 0.822. The summed E-state index contributed by atoms with van der Waals surface area (Å²) in [6.07, 6.45) is 7.05. The van der Waals surface area contributed by atoms with Crippen molar-refractivity contribution in [1.29, 1.82) is 0 Å². The Hall–Kier alpha value is -0.380. The van der Waals surface area contributed by atoms with Crippen molar-refractivity contribution in [2.24, 2.45) is 5.92 Å². The highest BCUT2D eigenvalue weighted by Gasteiger charge is 2.22. The molecule has 1 N–H and O–H groups in total. The molecule has 0 radical (unpaired) electrons. The summed E-state index contributed by atoms with van der Waals surface area (Å²) in [4.78, 5) is 4.05. The lowest BCUT2D eigenvalue weighted by Crippen LogP contribution is -2.39. The van der Waals surface area contributed by atoms with Crippen LogP contribution >= 0.6 is 11.3 Å². The van der Waals surface area contributed by atoms with Gasteiger partial charge in [-0.25, -0.2) is 0 Å². The lowest BCUT2D eigenvalue weighted by Gasteiger charge is -2.34. The number of rotatable bonds is 7. The fraction of sp³-hybridized carbons (Fsp3) is 0.765. The van der Waals surface area contributed by atoms with E-state index in [1.165, 1.54) is 49.1 Å². The molecule has 0 bridgehead atoms. The van der Waals surface area contributed by atoms with Crippen LogP contribution in [0, 0.1) is 12.8 Å². The molecular formula is C17H30N2S. The van der Waals surface area contributed by atoms with Crippen LogP contribution in [0.4, 0.5) is 0 Å². The number of nitrogens with one attached hydrogen (secondary N) is 1. The highest BCUT2D eigenvalue weighted by atomic mass is 32.1. The SMILES string of the molecule is CCC1CCC(N(C)CCNCc2sccc2C)CC1. The van der Waals surface area contributed by atoms with Crippen molar-refractivity contribution in [2.75, 3.05) is 20.1 Å². The van der Waals surface area contributed by atoms with Gasteiger partial charge in [0.2, 0.25) is 0 Å². The Morgan fingerprint density at radius 3 is 2.65 bits per heavy atom. The average molecular weight is 295 g/mol. The molecule has 0 saturated heterocycles. The van der Waals surface area contributed by atoms with Crippen LogP contribution in [-0.4, -0.2) is 31.1 Å². The molecule has 1 aromatic rings. The number of hydrogen-bond acceptors (Lipinski definition) is 3. The molecule has 0 aromatic carbocycles. The van der Waals surface area contributed by atoms with Gasteiger partial charge in [-0.05, 0) is 62.6 Å². The maximum Gasteiger partial charge on any atom is 0.0302 e. The minimum Gasteiger partial charge on any atom is -0.311 e. The van der Waals surface area contributed by atoms with Crippen molar-refractivity contribution in [3.8, 4) is 0 Å². The van der Waals surface area contributed by atoms with Gasteiger partial charge in [0.05, 0.1) is 0 Å². The first kappa shape index (κ1) is 16.0. The maximum atomic E-state index is 3.59. The highest BCUT2D eigenvalue weighted by molar-refractivity contribution is 7.10. The van der Waals surface area contributed by atoms with E-state index in [2.05, 4.69) is 42.6 Å². The normalized spacial score (nSPS) is 23.4. The summed E-state index contributed by atoms with van der Waals surface area (Å²) in [5, 5.41) is 5.77. The monoisotopic (exact) mass is 294 g/mol. The summed E-state index contributed by atoms with van der Waals surface area (Å²) in [6.45, 7) is 7.84. The molecule has 1 aliphatic carbocycles. The molecule has 0 amide bonds. The molecule has 1 fully saturated rings. The zero-order chi connectivity index (χ0) is 14.4. The third-order valence-corrected chi connectivity index (χ3v) is 5.93. The summed E-state index contributed by atoms with van der Waals surface area (Å²) >= 11 is 1.86. The zero-order valence-corrected chi connectivity index (χ0v) is 14.1. The van der Waals surface area contributed by atoms with E-state index >= 15 is 0 Å². The fourth-order valence-electron chi connectivity index (χ4n) is 3.22. The summed E-state index contributed by atoms with van der Waals surface area (Å²) < 4.78 is 0. The molecule has 3 heteroatoms. The van der Waals surface area contributed by atoms with Gasteiger partial charge in [0, 0.05) is 30.6 Å². The van der Waals surface area contributed by atoms with E-state index in [-0.39, 0.29) is 0 Å². The van der Waals surface area contributed by atoms with Gasteiger partial charge in [-0.1, -0.05) is 13.3 Å². The van der Waals surface area contributed by atoms with Crippen LogP contribution in [-0.2, 0) is 6.54 Å². The molecule has 2 nitrogen and oxygen atoms in total. The first-order chi connectivity index (χ1) is 9.70. The molecule has 114 valence electrons. The lowest BCUT2D eigenvalue weighted by molar-refractivity contribution is 0.164. The molecule has 1 aliphatic rings. The standard InChI is InChI=1S/C17H30N2S/c1-4-15-5-7-16(8-6-15)19(3)11-10-18-13-17-14(2)9-12-20-17/h9,12,15-16,18H,4-8,10-11,13H2,1-3H3. The molecule has 0 unspecified atom stereocenters. The van der Waals surface area contributed by atoms with E-state index < -0.39 is 0 Å². The van der Waals surface area contributed by atoms with E-state index in [4.69, 9.17) is 0 Å². The second-order valence-corrected chi connectivity index (χ2v) is 7.27.